The predicted octanol–water partition coefficient (Wildman–Crippen LogP) is 2.71. The van der Waals surface area contributed by atoms with E-state index in [4.69, 9.17) is 5.73 Å². The zero-order valence-electron chi connectivity index (χ0n) is 11.0. The van der Waals surface area contributed by atoms with Crippen molar-refractivity contribution in [2.45, 2.75) is 45.1 Å². The average Bonchev–Trinajstić information content (AvgIpc) is 2.31. The van der Waals surface area contributed by atoms with Crippen LogP contribution in [0.1, 0.15) is 38.2 Å². The summed E-state index contributed by atoms with van der Waals surface area (Å²) in [7, 11) is 0. The molecule has 0 heterocycles. The number of carbonyl (C=O) groups excluding carboxylic acids is 1. The van der Waals surface area contributed by atoms with Crippen molar-refractivity contribution in [1.29, 1.82) is 0 Å². The normalized spacial score (nSPS) is 23.6. The highest BCUT2D eigenvalue weighted by atomic mass is 16.1. The molecule has 0 aromatic heterocycles. The summed E-state index contributed by atoms with van der Waals surface area (Å²) in [6.07, 6.45) is 5.51. The SMILES string of the molecule is CC1CCCC(Nc2ccc(CC(N)=O)cc2)C1. The van der Waals surface area contributed by atoms with E-state index < -0.39 is 0 Å². The molecule has 98 valence electrons. The van der Waals surface area contributed by atoms with Crippen LogP contribution in [0, 0.1) is 5.92 Å². The van der Waals surface area contributed by atoms with Gasteiger partial charge in [0.25, 0.3) is 0 Å². The van der Waals surface area contributed by atoms with E-state index in [0.29, 0.717) is 12.5 Å². The Kier molecular flexibility index (Phi) is 4.24. The summed E-state index contributed by atoms with van der Waals surface area (Å²) >= 11 is 0. The molecule has 1 amide bonds. The van der Waals surface area contributed by atoms with Gasteiger partial charge in [-0.3, -0.25) is 4.79 Å². The first-order valence-electron chi connectivity index (χ1n) is 6.77. The molecule has 2 unspecified atom stereocenters. The van der Waals surface area contributed by atoms with Gasteiger partial charge in [0, 0.05) is 11.7 Å². The fourth-order valence-corrected chi connectivity index (χ4v) is 2.72. The molecule has 3 heteroatoms. The topological polar surface area (TPSA) is 55.1 Å². The number of amides is 1. The highest BCUT2D eigenvalue weighted by molar-refractivity contribution is 5.76. The summed E-state index contributed by atoms with van der Waals surface area (Å²) in [6.45, 7) is 2.32. The van der Waals surface area contributed by atoms with Crippen molar-refractivity contribution >= 4 is 11.6 Å². The lowest BCUT2D eigenvalue weighted by molar-refractivity contribution is -0.117. The Bertz CT molecular complexity index is 399. The highest BCUT2D eigenvalue weighted by Gasteiger charge is 2.18. The number of nitrogens with one attached hydrogen (secondary N) is 1. The van der Waals surface area contributed by atoms with Crippen LogP contribution in [0.4, 0.5) is 5.69 Å². The second-order valence-electron chi connectivity index (χ2n) is 5.45. The van der Waals surface area contributed by atoms with Gasteiger partial charge in [-0.1, -0.05) is 31.9 Å². The van der Waals surface area contributed by atoms with Crippen LogP contribution in [0.5, 0.6) is 0 Å². The second-order valence-corrected chi connectivity index (χ2v) is 5.45. The lowest BCUT2D eigenvalue weighted by Crippen LogP contribution is -2.26. The molecule has 0 radical (unpaired) electrons. The van der Waals surface area contributed by atoms with E-state index in [2.05, 4.69) is 12.2 Å². The van der Waals surface area contributed by atoms with Crippen LogP contribution in [0.2, 0.25) is 0 Å². The number of benzene rings is 1. The summed E-state index contributed by atoms with van der Waals surface area (Å²) < 4.78 is 0. The van der Waals surface area contributed by atoms with Gasteiger partial charge in [-0.2, -0.15) is 0 Å². The first-order chi connectivity index (χ1) is 8.63. The first kappa shape index (κ1) is 12.9. The Labute approximate surface area is 109 Å². The van der Waals surface area contributed by atoms with Crippen LogP contribution in [-0.4, -0.2) is 11.9 Å². The first-order valence-corrected chi connectivity index (χ1v) is 6.77. The van der Waals surface area contributed by atoms with Crippen LogP contribution >= 0.6 is 0 Å². The van der Waals surface area contributed by atoms with Crippen LogP contribution in [0.15, 0.2) is 24.3 Å². The van der Waals surface area contributed by atoms with Gasteiger partial charge >= 0.3 is 0 Å². The van der Waals surface area contributed by atoms with Crippen molar-refractivity contribution in [2.75, 3.05) is 5.32 Å². The lowest BCUT2D eigenvalue weighted by Gasteiger charge is -2.28. The van der Waals surface area contributed by atoms with E-state index in [0.717, 1.165) is 17.2 Å². The van der Waals surface area contributed by atoms with Gasteiger partial charge in [0.1, 0.15) is 0 Å². The maximum atomic E-state index is 10.8. The second kappa shape index (κ2) is 5.89. The standard InChI is InChI=1S/C15H22N2O/c1-11-3-2-4-14(9-11)17-13-7-5-12(6-8-13)10-15(16)18/h5-8,11,14,17H,2-4,9-10H2,1H3,(H2,16,18). The van der Waals surface area contributed by atoms with Crippen LogP contribution < -0.4 is 11.1 Å². The fraction of sp³-hybridized carbons (Fsp3) is 0.533. The number of carbonyl (C=O) groups is 1. The molecule has 2 rings (SSSR count). The zero-order valence-corrected chi connectivity index (χ0v) is 11.0. The van der Waals surface area contributed by atoms with Crippen LogP contribution in [-0.2, 0) is 11.2 Å². The summed E-state index contributed by atoms with van der Waals surface area (Å²) in [5.41, 5.74) is 7.29. The van der Waals surface area contributed by atoms with Gasteiger partial charge in [0.15, 0.2) is 0 Å². The average molecular weight is 246 g/mol. The molecule has 1 aliphatic rings. The van der Waals surface area contributed by atoms with E-state index in [1.54, 1.807) is 0 Å². The summed E-state index contributed by atoms with van der Waals surface area (Å²) in [5, 5.41) is 3.58. The van der Waals surface area contributed by atoms with Crippen molar-refractivity contribution in [3.8, 4) is 0 Å². The van der Waals surface area contributed by atoms with E-state index in [1.165, 1.54) is 25.7 Å². The molecule has 0 spiro atoms. The van der Waals surface area contributed by atoms with E-state index in [1.807, 2.05) is 24.3 Å². The predicted molar refractivity (Wildman–Crippen MR) is 74.4 cm³/mol. The van der Waals surface area contributed by atoms with Crippen LogP contribution in [0.3, 0.4) is 0 Å². The molecule has 1 aliphatic carbocycles. The molecule has 2 atom stereocenters. The third-order valence-electron chi connectivity index (χ3n) is 3.64. The monoisotopic (exact) mass is 246 g/mol. The number of hydrogen-bond donors (Lipinski definition) is 2. The molecule has 0 saturated heterocycles. The minimum Gasteiger partial charge on any atom is -0.382 e. The maximum Gasteiger partial charge on any atom is 0.221 e. The zero-order chi connectivity index (χ0) is 13.0. The molecule has 1 saturated carbocycles. The van der Waals surface area contributed by atoms with Crippen molar-refractivity contribution in [3.05, 3.63) is 29.8 Å². The quantitative estimate of drug-likeness (QED) is 0.858. The van der Waals surface area contributed by atoms with E-state index >= 15 is 0 Å². The molecule has 0 bridgehead atoms. The molecule has 1 fully saturated rings. The number of nitrogens with two attached hydrogens (primary N) is 1. The summed E-state index contributed by atoms with van der Waals surface area (Å²) in [6, 6.07) is 8.61. The molecule has 3 N–H and O–H groups in total. The largest absolute Gasteiger partial charge is 0.382 e. The van der Waals surface area contributed by atoms with Gasteiger partial charge < -0.3 is 11.1 Å². The van der Waals surface area contributed by atoms with Gasteiger partial charge in [-0.05, 0) is 36.5 Å². The third-order valence-corrected chi connectivity index (χ3v) is 3.64. The molecule has 18 heavy (non-hydrogen) atoms. The van der Waals surface area contributed by atoms with Gasteiger partial charge in [-0.25, -0.2) is 0 Å². The smallest absolute Gasteiger partial charge is 0.221 e. The summed E-state index contributed by atoms with van der Waals surface area (Å²) in [4.78, 5) is 10.8. The molecule has 1 aromatic carbocycles. The van der Waals surface area contributed by atoms with Gasteiger partial charge in [-0.15, -0.1) is 0 Å². The molecular formula is C15H22N2O. The maximum absolute atomic E-state index is 10.8. The highest BCUT2D eigenvalue weighted by Crippen LogP contribution is 2.26. The third kappa shape index (κ3) is 3.76. The minimum atomic E-state index is -0.281. The number of primary amides is 1. The minimum absolute atomic E-state index is 0.281. The Morgan fingerprint density at radius 3 is 2.67 bits per heavy atom. The van der Waals surface area contributed by atoms with Crippen molar-refractivity contribution in [1.82, 2.24) is 0 Å². The molecule has 0 aliphatic heterocycles. The van der Waals surface area contributed by atoms with E-state index in [-0.39, 0.29) is 5.91 Å². The Morgan fingerprint density at radius 1 is 1.33 bits per heavy atom. The van der Waals surface area contributed by atoms with Gasteiger partial charge in [0.2, 0.25) is 5.91 Å². The lowest BCUT2D eigenvalue weighted by atomic mass is 9.87. The number of anilines is 1. The van der Waals surface area contributed by atoms with Gasteiger partial charge in [0.05, 0.1) is 6.42 Å². The number of hydrogen-bond acceptors (Lipinski definition) is 2. The number of rotatable bonds is 4. The van der Waals surface area contributed by atoms with E-state index in [9.17, 15) is 4.79 Å². The fourth-order valence-electron chi connectivity index (χ4n) is 2.72. The van der Waals surface area contributed by atoms with Crippen molar-refractivity contribution in [3.63, 3.8) is 0 Å². The Hall–Kier alpha value is -1.51. The van der Waals surface area contributed by atoms with Crippen molar-refractivity contribution < 1.29 is 4.79 Å². The van der Waals surface area contributed by atoms with Crippen molar-refractivity contribution in [2.24, 2.45) is 11.7 Å². The molecule has 3 nitrogen and oxygen atoms in total. The van der Waals surface area contributed by atoms with Crippen LogP contribution in [0.25, 0.3) is 0 Å². The summed E-state index contributed by atoms with van der Waals surface area (Å²) in [5.74, 6) is 0.544. The Morgan fingerprint density at radius 2 is 2.06 bits per heavy atom. The molecular weight excluding hydrogens is 224 g/mol. The molecule has 1 aromatic rings. The Balaban J connectivity index is 1.91.